The van der Waals surface area contributed by atoms with Crippen LogP contribution in [-0.2, 0) is 0 Å². The topological polar surface area (TPSA) is 0 Å². The van der Waals surface area contributed by atoms with Crippen LogP contribution in [0.3, 0.4) is 0 Å². The van der Waals surface area contributed by atoms with E-state index in [0.29, 0.717) is 5.41 Å². The molecule has 1 aliphatic carbocycles. The first-order valence-electron chi connectivity index (χ1n) is 15.8. The van der Waals surface area contributed by atoms with E-state index in [2.05, 4.69) is 55.4 Å². The molecule has 0 spiro atoms. The fourth-order valence-electron chi connectivity index (χ4n) is 8.00. The minimum Gasteiger partial charge on any atom is -0.0654 e. The highest BCUT2D eigenvalue weighted by Crippen LogP contribution is 2.54. The molecule has 7 atom stereocenters. The Bertz CT molecular complexity index is 453. The van der Waals surface area contributed by atoms with Crippen molar-refractivity contribution in [1.29, 1.82) is 0 Å². The lowest BCUT2D eigenvalue weighted by molar-refractivity contribution is 0.141. The van der Waals surface area contributed by atoms with Crippen LogP contribution in [0.5, 0.6) is 0 Å². The first-order valence-corrected chi connectivity index (χ1v) is 15.8. The Hall–Kier alpha value is 0. The SMILES string of the molecule is CCCCCCC(CCCCC(C)C1CC(CCC)CC1(C)CCC)C(C)CC(C)CCC. The molecule has 0 bridgehead atoms. The van der Waals surface area contributed by atoms with E-state index in [-0.39, 0.29) is 0 Å². The molecule has 0 nitrogen and oxygen atoms in total. The van der Waals surface area contributed by atoms with Gasteiger partial charge in [0.05, 0.1) is 0 Å². The van der Waals surface area contributed by atoms with Gasteiger partial charge in [0.15, 0.2) is 0 Å². The number of unbranched alkanes of at least 4 members (excludes halogenated alkanes) is 4. The Morgan fingerprint density at radius 3 is 2.00 bits per heavy atom. The Morgan fingerprint density at radius 2 is 1.39 bits per heavy atom. The lowest BCUT2D eigenvalue weighted by Gasteiger charge is -2.36. The summed E-state index contributed by atoms with van der Waals surface area (Å²) in [5.41, 5.74) is 0.625. The highest BCUT2D eigenvalue weighted by atomic mass is 14.5. The zero-order valence-corrected chi connectivity index (χ0v) is 24.7. The third-order valence-electron chi connectivity index (χ3n) is 9.72. The third kappa shape index (κ3) is 11.5. The highest BCUT2D eigenvalue weighted by molar-refractivity contribution is 4.94. The Kier molecular flexibility index (Phi) is 16.4. The molecule has 1 aliphatic rings. The second-order valence-electron chi connectivity index (χ2n) is 13.1. The molecule has 0 aromatic rings. The van der Waals surface area contributed by atoms with Gasteiger partial charge in [-0.25, -0.2) is 0 Å². The maximum Gasteiger partial charge on any atom is -0.0292 e. The summed E-state index contributed by atoms with van der Waals surface area (Å²) in [5.74, 6) is 5.72. The average molecular weight is 463 g/mol. The van der Waals surface area contributed by atoms with Crippen molar-refractivity contribution in [2.75, 3.05) is 0 Å². The fourth-order valence-corrected chi connectivity index (χ4v) is 8.00. The molecule has 1 fully saturated rings. The van der Waals surface area contributed by atoms with Gasteiger partial charge in [-0.15, -0.1) is 0 Å². The van der Waals surface area contributed by atoms with E-state index >= 15 is 0 Å². The molecule has 7 unspecified atom stereocenters. The van der Waals surface area contributed by atoms with Crippen molar-refractivity contribution in [3.63, 3.8) is 0 Å². The molecule has 0 aliphatic heterocycles. The van der Waals surface area contributed by atoms with E-state index in [4.69, 9.17) is 0 Å². The average Bonchev–Trinajstić information content (AvgIpc) is 3.08. The van der Waals surface area contributed by atoms with Crippen LogP contribution in [0.25, 0.3) is 0 Å². The van der Waals surface area contributed by atoms with E-state index in [9.17, 15) is 0 Å². The summed E-state index contributed by atoms with van der Waals surface area (Å²) >= 11 is 0. The van der Waals surface area contributed by atoms with Crippen LogP contribution >= 0.6 is 0 Å². The summed E-state index contributed by atoms with van der Waals surface area (Å²) in [5, 5.41) is 0. The number of rotatable bonds is 20. The van der Waals surface area contributed by atoms with Crippen LogP contribution in [0.2, 0.25) is 0 Å². The smallest absolute Gasteiger partial charge is 0.0292 e. The van der Waals surface area contributed by atoms with Crippen molar-refractivity contribution in [1.82, 2.24) is 0 Å². The molecule has 0 heteroatoms. The molecule has 0 radical (unpaired) electrons. The van der Waals surface area contributed by atoms with E-state index in [1.807, 2.05) is 0 Å². The summed E-state index contributed by atoms with van der Waals surface area (Å²) in [4.78, 5) is 0. The van der Waals surface area contributed by atoms with Crippen molar-refractivity contribution in [2.24, 2.45) is 40.9 Å². The summed E-state index contributed by atoms with van der Waals surface area (Å²) < 4.78 is 0. The molecule has 0 aromatic carbocycles. The highest BCUT2D eigenvalue weighted by Gasteiger charge is 2.44. The molecule has 0 heterocycles. The van der Waals surface area contributed by atoms with E-state index in [1.54, 1.807) is 0 Å². The van der Waals surface area contributed by atoms with E-state index in [0.717, 1.165) is 35.5 Å². The van der Waals surface area contributed by atoms with Gasteiger partial charge in [-0.1, -0.05) is 145 Å². The van der Waals surface area contributed by atoms with Crippen LogP contribution < -0.4 is 0 Å². The van der Waals surface area contributed by atoms with Gasteiger partial charge in [-0.2, -0.15) is 0 Å². The normalized spacial score (nSPS) is 26.9. The monoisotopic (exact) mass is 463 g/mol. The molecule has 33 heavy (non-hydrogen) atoms. The minimum atomic E-state index is 0.625. The minimum absolute atomic E-state index is 0.625. The molecule has 1 rings (SSSR count). The number of hydrogen-bond acceptors (Lipinski definition) is 0. The summed E-state index contributed by atoms with van der Waals surface area (Å²) in [6.07, 6.45) is 26.1. The fraction of sp³-hybridized carbons (Fsp3) is 1.00. The van der Waals surface area contributed by atoms with Gasteiger partial charge in [0.1, 0.15) is 0 Å². The largest absolute Gasteiger partial charge is 0.0654 e. The van der Waals surface area contributed by atoms with Gasteiger partial charge in [-0.3, -0.25) is 0 Å². The van der Waals surface area contributed by atoms with E-state index < -0.39 is 0 Å². The Balaban J connectivity index is 2.54. The Morgan fingerprint density at radius 1 is 0.727 bits per heavy atom. The maximum atomic E-state index is 2.65. The first-order chi connectivity index (χ1) is 15.8. The second kappa shape index (κ2) is 17.4. The van der Waals surface area contributed by atoms with Gasteiger partial charge in [0.25, 0.3) is 0 Å². The van der Waals surface area contributed by atoms with Crippen molar-refractivity contribution < 1.29 is 0 Å². The third-order valence-corrected chi connectivity index (χ3v) is 9.72. The Labute approximate surface area is 211 Å². The van der Waals surface area contributed by atoms with Crippen molar-refractivity contribution in [2.45, 2.75) is 171 Å². The lowest BCUT2D eigenvalue weighted by atomic mass is 9.69. The van der Waals surface area contributed by atoms with Crippen molar-refractivity contribution in [3.8, 4) is 0 Å². The summed E-state index contributed by atoms with van der Waals surface area (Å²) in [7, 11) is 0. The second-order valence-corrected chi connectivity index (χ2v) is 13.1. The van der Waals surface area contributed by atoms with Gasteiger partial charge in [0, 0.05) is 0 Å². The standard InChI is InChI=1S/C33H66/c1-9-13-14-15-21-31(29(7)24-27(5)18-10-2)22-17-16-20-28(6)32-25-30(19-11-3)26-33(32,8)23-12-4/h27-32H,9-26H2,1-8H3. The lowest BCUT2D eigenvalue weighted by Crippen LogP contribution is -2.27. The van der Waals surface area contributed by atoms with Crippen LogP contribution in [-0.4, -0.2) is 0 Å². The molecule has 1 saturated carbocycles. The molecular weight excluding hydrogens is 396 g/mol. The molecule has 0 N–H and O–H groups in total. The molecule has 0 saturated heterocycles. The predicted octanol–water partition coefficient (Wildman–Crippen LogP) is 11.9. The van der Waals surface area contributed by atoms with Crippen LogP contribution in [0.15, 0.2) is 0 Å². The number of hydrogen-bond donors (Lipinski definition) is 0. The van der Waals surface area contributed by atoms with Gasteiger partial charge in [-0.05, 0) is 66.6 Å². The van der Waals surface area contributed by atoms with Gasteiger partial charge >= 0.3 is 0 Å². The molecule has 0 amide bonds. The summed E-state index contributed by atoms with van der Waals surface area (Å²) in [6, 6.07) is 0. The molecule has 0 aromatic heterocycles. The summed E-state index contributed by atoms with van der Waals surface area (Å²) in [6.45, 7) is 19.8. The van der Waals surface area contributed by atoms with Crippen LogP contribution in [0.4, 0.5) is 0 Å². The van der Waals surface area contributed by atoms with Gasteiger partial charge < -0.3 is 0 Å². The van der Waals surface area contributed by atoms with Crippen molar-refractivity contribution in [3.05, 3.63) is 0 Å². The quantitative estimate of drug-likeness (QED) is 0.158. The maximum absolute atomic E-state index is 2.65. The van der Waals surface area contributed by atoms with Crippen LogP contribution in [0.1, 0.15) is 171 Å². The first kappa shape index (κ1) is 31.0. The van der Waals surface area contributed by atoms with Crippen LogP contribution in [0, 0.1) is 40.9 Å². The molecular formula is C33H66. The predicted molar refractivity (Wildman–Crippen MR) is 152 cm³/mol. The zero-order valence-electron chi connectivity index (χ0n) is 24.7. The van der Waals surface area contributed by atoms with Crippen molar-refractivity contribution >= 4 is 0 Å². The zero-order chi connectivity index (χ0) is 24.7. The molecule has 198 valence electrons. The van der Waals surface area contributed by atoms with Gasteiger partial charge in [0.2, 0.25) is 0 Å². The van der Waals surface area contributed by atoms with E-state index in [1.165, 1.54) is 116 Å².